The first-order valence-corrected chi connectivity index (χ1v) is 6.87. The highest BCUT2D eigenvalue weighted by atomic mass is 16.5. The highest BCUT2D eigenvalue weighted by molar-refractivity contribution is 5.64. The zero-order valence-corrected chi connectivity index (χ0v) is 11.8. The molecule has 0 bridgehead atoms. The van der Waals surface area contributed by atoms with E-state index in [4.69, 9.17) is 0 Å². The molecule has 0 saturated carbocycles. The number of aliphatic carboxylic acids is 1. The highest BCUT2D eigenvalue weighted by Crippen LogP contribution is 2.12. The summed E-state index contributed by atoms with van der Waals surface area (Å²) in [5, 5.41) is 12.1. The van der Waals surface area contributed by atoms with Crippen LogP contribution in [-0.4, -0.2) is 30.6 Å². The number of quaternary nitrogens is 1. The molecule has 6 heteroatoms. The second-order valence-electron chi connectivity index (χ2n) is 4.51. The molecule has 6 nitrogen and oxygen atoms in total. The number of carboxylic acid groups (broad SMARTS) is 1. The maximum atomic E-state index is 9.71. The van der Waals surface area contributed by atoms with Crippen LogP contribution in [0.1, 0.15) is 30.9 Å². The molecule has 1 aromatic heterocycles. The van der Waals surface area contributed by atoms with Gasteiger partial charge in [-0.05, 0) is 25.0 Å². The van der Waals surface area contributed by atoms with Crippen LogP contribution in [0.2, 0.25) is 0 Å². The van der Waals surface area contributed by atoms with Gasteiger partial charge < -0.3 is 20.0 Å². The van der Waals surface area contributed by atoms with Gasteiger partial charge in [-0.3, -0.25) is 9.78 Å². The first kappa shape index (κ1) is 16.8. The van der Waals surface area contributed by atoms with Crippen LogP contribution < -0.4 is 10.4 Å². The molecule has 1 atom stereocenters. The third-order valence-corrected chi connectivity index (χ3v) is 2.94. The Morgan fingerprint density at radius 1 is 1.52 bits per heavy atom. The molecule has 1 aliphatic heterocycles. The van der Waals surface area contributed by atoms with Crippen LogP contribution in [0.15, 0.2) is 36.7 Å². The van der Waals surface area contributed by atoms with E-state index in [-0.39, 0.29) is 19.5 Å². The Morgan fingerprint density at radius 3 is 2.95 bits per heavy atom. The number of carboxylic acids is 1. The lowest BCUT2D eigenvalue weighted by Gasteiger charge is -2.15. The van der Waals surface area contributed by atoms with Crippen molar-refractivity contribution in [3.8, 4) is 0 Å². The predicted octanol–water partition coefficient (Wildman–Crippen LogP) is -0.664. The van der Waals surface area contributed by atoms with E-state index in [0.717, 1.165) is 13.0 Å². The van der Waals surface area contributed by atoms with Gasteiger partial charge in [0, 0.05) is 30.3 Å². The number of carbonyl (C=O) groups excluding carboxylic acids is 2. The van der Waals surface area contributed by atoms with E-state index in [1.807, 2.05) is 18.5 Å². The molecule has 0 fully saturated rings. The van der Waals surface area contributed by atoms with Crippen molar-refractivity contribution in [2.24, 2.45) is 0 Å². The van der Waals surface area contributed by atoms with Crippen molar-refractivity contribution in [2.45, 2.75) is 25.3 Å². The van der Waals surface area contributed by atoms with Gasteiger partial charge in [0.15, 0.2) is 0 Å². The summed E-state index contributed by atoms with van der Waals surface area (Å²) >= 11 is 0. The van der Waals surface area contributed by atoms with Gasteiger partial charge in [0.25, 0.3) is 6.47 Å². The van der Waals surface area contributed by atoms with Gasteiger partial charge in [-0.25, -0.2) is 0 Å². The van der Waals surface area contributed by atoms with Crippen LogP contribution in [0.5, 0.6) is 0 Å². The predicted molar refractivity (Wildman–Crippen MR) is 73.8 cm³/mol. The van der Waals surface area contributed by atoms with Crippen LogP contribution in [0.4, 0.5) is 0 Å². The van der Waals surface area contributed by atoms with Gasteiger partial charge in [0.05, 0.1) is 13.2 Å². The molecule has 2 heterocycles. The second-order valence-corrected chi connectivity index (χ2v) is 4.51. The van der Waals surface area contributed by atoms with Crippen molar-refractivity contribution in [1.29, 1.82) is 0 Å². The smallest absolute Gasteiger partial charge is 0.293 e. The molecular weight excluding hydrogens is 272 g/mol. The summed E-state index contributed by atoms with van der Waals surface area (Å²) < 4.78 is 4.21. The third-order valence-electron chi connectivity index (χ3n) is 2.94. The summed E-state index contributed by atoms with van der Waals surface area (Å²) in [6.07, 6.45) is 9.63. The van der Waals surface area contributed by atoms with Crippen LogP contribution in [0, 0.1) is 0 Å². The van der Waals surface area contributed by atoms with Crippen LogP contribution in [0.3, 0.4) is 0 Å². The minimum atomic E-state index is -1.12. The van der Waals surface area contributed by atoms with E-state index in [9.17, 15) is 14.7 Å². The summed E-state index contributed by atoms with van der Waals surface area (Å²) in [4.78, 5) is 23.3. The molecule has 2 N–H and O–H groups in total. The molecule has 0 saturated heterocycles. The Labute approximate surface area is 123 Å². The molecule has 0 amide bonds. The Morgan fingerprint density at radius 2 is 2.38 bits per heavy atom. The second kappa shape index (κ2) is 10.6. The fourth-order valence-electron chi connectivity index (χ4n) is 1.89. The summed E-state index contributed by atoms with van der Waals surface area (Å²) in [6.45, 7) is 1.53. The normalized spacial score (nSPS) is 16.5. The van der Waals surface area contributed by atoms with Crippen molar-refractivity contribution in [3.63, 3.8) is 0 Å². The average molecular weight is 292 g/mol. The lowest BCUT2D eigenvalue weighted by atomic mass is 10.0. The standard InChI is InChI=1S/C10H12N2.C5H8O4/c1-2-7-12-10(5-1)9-4-3-6-11-8-9;6-4-9-3-1-2-5(7)8/h1-4,6,8,10,12H,5,7H2;4H,1-3H2,(H,7,8). The monoisotopic (exact) mass is 292 g/mol. The fraction of sp³-hybridized carbons (Fsp3) is 0.400. The van der Waals surface area contributed by atoms with Gasteiger partial charge in [0.1, 0.15) is 6.04 Å². The Hall–Kier alpha value is -2.21. The fourth-order valence-corrected chi connectivity index (χ4v) is 1.89. The molecule has 1 aliphatic rings. The number of nitrogens with zero attached hydrogens (tertiary/aromatic N) is 1. The van der Waals surface area contributed by atoms with E-state index >= 15 is 0 Å². The van der Waals surface area contributed by atoms with E-state index in [2.05, 4.69) is 33.3 Å². The molecule has 0 aromatic carbocycles. The minimum Gasteiger partial charge on any atom is -0.550 e. The number of hydrogen-bond acceptors (Lipinski definition) is 5. The van der Waals surface area contributed by atoms with Crippen molar-refractivity contribution in [3.05, 3.63) is 42.2 Å². The van der Waals surface area contributed by atoms with Crippen molar-refractivity contribution in [1.82, 2.24) is 4.98 Å². The van der Waals surface area contributed by atoms with Crippen molar-refractivity contribution >= 4 is 12.4 Å². The molecule has 2 rings (SSSR count). The summed E-state index contributed by atoms with van der Waals surface area (Å²) in [7, 11) is 0. The van der Waals surface area contributed by atoms with E-state index in [1.165, 1.54) is 5.56 Å². The van der Waals surface area contributed by atoms with Crippen LogP contribution in [0.25, 0.3) is 0 Å². The quantitative estimate of drug-likeness (QED) is 0.426. The molecular formula is C15H20N2O4. The van der Waals surface area contributed by atoms with Gasteiger partial charge in [-0.15, -0.1) is 0 Å². The first-order valence-electron chi connectivity index (χ1n) is 6.87. The highest BCUT2D eigenvalue weighted by Gasteiger charge is 2.14. The maximum Gasteiger partial charge on any atom is 0.293 e. The van der Waals surface area contributed by atoms with E-state index < -0.39 is 5.97 Å². The molecule has 1 aromatic rings. The molecule has 0 spiro atoms. The molecule has 1 unspecified atom stereocenters. The maximum absolute atomic E-state index is 9.71. The minimum absolute atomic E-state index is 0.0617. The third kappa shape index (κ3) is 7.84. The summed E-state index contributed by atoms with van der Waals surface area (Å²) in [5.74, 6) is -1.12. The SMILES string of the molecule is C1=CCC(c2cccnc2)[NH2+]C1.O=COCCCC(=O)[O-]. The number of carbonyl (C=O) groups is 2. The summed E-state index contributed by atoms with van der Waals surface area (Å²) in [6, 6.07) is 4.73. The number of ether oxygens (including phenoxy) is 1. The lowest BCUT2D eigenvalue weighted by molar-refractivity contribution is -0.690. The number of nitrogens with two attached hydrogens (primary N) is 1. The van der Waals surface area contributed by atoms with Crippen molar-refractivity contribution < 1.29 is 24.7 Å². The first-order chi connectivity index (χ1) is 10.2. The largest absolute Gasteiger partial charge is 0.550 e. The van der Waals surface area contributed by atoms with Gasteiger partial charge in [0.2, 0.25) is 0 Å². The van der Waals surface area contributed by atoms with Gasteiger partial charge >= 0.3 is 0 Å². The topological polar surface area (TPSA) is 95.9 Å². The summed E-state index contributed by atoms with van der Waals surface area (Å²) in [5.41, 5.74) is 1.34. The molecule has 0 aliphatic carbocycles. The lowest BCUT2D eigenvalue weighted by Crippen LogP contribution is -2.85. The average Bonchev–Trinajstić information content (AvgIpc) is 2.54. The van der Waals surface area contributed by atoms with E-state index in [1.54, 1.807) is 0 Å². The number of pyridine rings is 1. The van der Waals surface area contributed by atoms with E-state index in [0.29, 0.717) is 12.5 Å². The van der Waals surface area contributed by atoms with Gasteiger partial charge in [-0.1, -0.05) is 12.1 Å². The Bertz CT molecular complexity index is 448. The molecule has 21 heavy (non-hydrogen) atoms. The molecule has 0 radical (unpaired) electrons. The zero-order chi connectivity index (χ0) is 15.3. The number of hydrogen-bond donors (Lipinski definition) is 1. The van der Waals surface area contributed by atoms with Crippen molar-refractivity contribution in [2.75, 3.05) is 13.2 Å². The van der Waals surface area contributed by atoms with Crippen LogP contribution in [-0.2, 0) is 14.3 Å². The molecule has 114 valence electrons. The Balaban J connectivity index is 0.000000222. The number of rotatable bonds is 6. The number of aromatic nitrogens is 1. The zero-order valence-electron chi connectivity index (χ0n) is 11.8. The van der Waals surface area contributed by atoms with Gasteiger partial charge in [-0.2, -0.15) is 0 Å². The van der Waals surface area contributed by atoms with Crippen LogP contribution >= 0.6 is 0 Å². The Kier molecular flexibility index (Phi) is 8.47.